The maximum absolute atomic E-state index is 13.0. The fourth-order valence-corrected chi connectivity index (χ4v) is 3.45. The summed E-state index contributed by atoms with van der Waals surface area (Å²) in [5.74, 6) is -1.13. The van der Waals surface area contributed by atoms with Gasteiger partial charge in [0.1, 0.15) is 0 Å². The van der Waals surface area contributed by atoms with Crippen molar-refractivity contribution in [2.75, 3.05) is 10.6 Å². The van der Waals surface area contributed by atoms with Crippen LogP contribution in [0.4, 0.5) is 29.3 Å². The zero-order valence-electron chi connectivity index (χ0n) is 16.5. The first-order valence-corrected chi connectivity index (χ1v) is 9.76. The number of aromatic nitrogens is 2. The molecule has 0 saturated carbocycles. The Morgan fingerprint density at radius 3 is 2.21 bits per heavy atom. The predicted molar refractivity (Wildman–Crippen MR) is 118 cm³/mol. The van der Waals surface area contributed by atoms with E-state index in [0.29, 0.717) is 16.6 Å². The summed E-state index contributed by atoms with van der Waals surface area (Å²) >= 11 is 5.58. The van der Waals surface area contributed by atoms with Crippen LogP contribution in [0.5, 0.6) is 0 Å². The topological polar surface area (TPSA) is 107 Å². The molecule has 168 valence electrons. The monoisotopic (exact) mass is 474 g/mol. The molecule has 0 aliphatic heterocycles. The Morgan fingerprint density at radius 1 is 0.909 bits per heavy atom. The molecule has 0 radical (unpaired) electrons. The van der Waals surface area contributed by atoms with Gasteiger partial charge in [-0.2, -0.15) is 18.3 Å². The van der Waals surface area contributed by atoms with Crippen LogP contribution in [0.3, 0.4) is 0 Å². The van der Waals surface area contributed by atoms with Crippen LogP contribution in [0.1, 0.15) is 16.1 Å². The van der Waals surface area contributed by atoms with Crippen molar-refractivity contribution >= 4 is 45.9 Å². The van der Waals surface area contributed by atoms with Crippen molar-refractivity contribution in [2.45, 2.75) is 6.18 Å². The Bertz CT molecular complexity index is 1370. The number of nitrogens with zero attached hydrogens (tertiary/aromatic N) is 1. The Morgan fingerprint density at radius 2 is 1.55 bits per heavy atom. The second-order valence-electron chi connectivity index (χ2n) is 6.99. The van der Waals surface area contributed by atoms with Gasteiger partial charge in [-0.05, 0) is 53.6 Å². The minimum absolute atomic E-state index is 0.0607. The van der Waals surface area contributed by atoms with Crippen molar-refractivity contribution < 1.29 is 27.9 Å². The number of hydrogen-bond donors (Lipinski definition) is 4. The molecular formula is C22H14ClF3N4O3. The highest BCUT2D eigenvalue weighted by molar-refractivity contribution is 6.31. The minimum atomic E-state index is -4.64. The summed E-state index contributed by atoms with van der Waals surface area (Å²) < 4.78 is 38.9. The first kappa shape index (κ1) is 22.2. The van der Waals surface area contributed by atoms with Gasteiger partial charge < -0.3 is 15.7 Å². The van der Waals surface area contributed by atoms with Crippen LogP contribution in [-0.4, -0.2) is 27.3 Å². The molecule has 0 saturated heterocycles. The van der Waals surface area contributed by atoms with Crippen molar-refractivity contribution in [1.82, 2.24) is 10.2 Å². The van der Waals surface area contributed by atoms with Crippen molar-refractivity contribution in [2.24, 2.45) is 0 Å². The van der Waals surface area contributed by atoms with Crippen LogP contribution in [0.2, 0.25) is 5.02 Å². The zero-order valence-corrected chi connectivity index (χ0v) is 17.3. The highest BCUT2D eigenvalue weighted by atomic mass is 35.5. The summed E-state index contributed by atoms with van der Waals surface area (Å²) in [6, 6.07) is 14.2. The number of urea groups is 1. The normalized spacial score (nSPS) is 11.4. The molecule has 3 aromatic carbocycles. The first-order chi connectivity index (χ1) is 15.6. The first-order valence-electron chi connectivity index (χ1n) is 9.38. The van der Waals surface area contributed by atoms with E-state index in [1.165, 1.54) is 6.07 Å². The van der Waals surface area contributed by atoms with Crippen molar-refractivity contribution in [1.29, 1.82) is 0 Å². The van der Waals surface area contributed by atoms with Crippen molar-refractivity contribution in [3.8, 4) is 11.1 Å². The van der Waals surface area contributed by atoms with Gasteiger partial charge in [-0.15, -0.1) is 0 Å². The fourth-order valence-electron chi connectivity index (χ4n) is 3.22. The number of alkyl halides is 3. The molecule has 11 heteroatoms. The Kier molecular flexibility index (Phi) is 5.69. The minimum Gasteiger partial charge on any atom is -0.476 e. The highest BCUT2D eigenvalue weighted by Gasteiger charge is 2.33. The van der Waals surface area contributed by atoms with Crippen LogP contribution in [0.25, 0.3) is 22.0 Å². The Balaban J connectivity index is 1.46. The van der Waals surface area contributed by atoms with Crippen molar-refractivity contribution in [3.05, 3.63) is 76.9 Å². The number of aromatic carboxylic acids is 1. The molecule has 0 bridgehead atoms. The molecule has 1 heterocycles. The number of rotatable bonds is 4. The third-order valence-electron chi connectivity index (χ3n) is 4.77. The predicted octanol–water partition coefficient (Wildman–Crippen LogP) is 6.24. The van der Waals surface area contributed by atoms with Gasteiger partial charge in [0.15, 0.2) is 5.69 Å². The summed E-state index contributed by atoms with van der Waals surface area (Å²) in [6.45, 7) is 0. The third-order valence-corrected chi connectivity index (χ3v) is 5.10. The molecule has 0 atom stereocenters. The number of carboxylic acids is 1. The molecule has 0 fully saturated rings. The van der Waals surface area contributed by atoms with Gasteiger partial charge in [0.25, 0.3) is 0 Å². The Hall–Kier alpha value is -4.05. The number of carboxylic acid groups (broad SMARTS) is 1. The zero-order chi connectivity index (χ0) is 23.8. The van der Waals surface area contributed by atoms with Crippen LogP contribution >= 0.6 is 11.6 Å². The number of anilines is 2. The van der Waals surface area contributed by atoms with Gasteiger partial charge in [0.2, 0.25) is 0 Å². The van der Waals surface area contributed by atoms with E-state index in [0.717, 1.165) is 23.3 Å². The molecule has 0 spiro atoms. The summed E-state index contributed by atoms with van der Waals surface area (Å²) in [5, 5.41) is 20.5. The van der Waals surface area contributed by atoms with Crippen LogP contribution in [0.15, 0.2) is 60.7 Å². The van der Waals surface area contributed by atoms with Gasteiger partial charge in [-0.3, -0.25) is 5.10 Å². The number of hydrogen-bond acceptors (Lipinski definition) is 3. The summed E-state index contributed by atoms with van der Waals surface area (Å²) in [4.78, 5) is 23.4. The largest absolute Gasteiger partial charge is 0.476 e. The van der Waals surface area contributed by atoms with Gasteiger partial charge in [-0.1, -0.05) is 29.8 Å². The summed E-state index contributed by atoms with van der Waals surface area (Å²) in [5.41, 5.74) is 1.39. The maximum atomic E-state index is 13.0. The van der Waals surface area contributed by atoms with E-state index in [1.807, 2.05) is 0 Å². The second-order valence-corrected chi connectivity index (χ2v) is 7.39. The lowest BCUT2D eigenvalue weighted by molar-refractivity contribution is -0.137. The molecule has 4 rings (SSSR count). The molecule has 4 aromatic rings. The summed E-state index contributed by atoms with van der Waals surface area (Å²) in [6.07, 6.45) is -4.64. The lowest BCUT2D eigenvalue weighted by Gasteiger charge is -2.12. The van der Waals surface area contributed by atoms with E-state index in [-0.39, 0.29) is 11.4 Å². The van der Waals surface area contributed by atoms with Gasteiger partial charge in [-0.25, -0.2) is 9.59 Å². The van der Waals surface area contributed by atoms with E-state index in [4.69, 9.17) is 16.7 Å². The second kappa shape index (κ2) is 8.47. The van der Waals surface area contributed by atoms with Crippen LogP contribution < -0.4 is 10.6 Å². The van der Waals surface area contributed by atoms with E-state index in [2.05, 4.69) is 20.8 Å². The Labute approximate surface area is 189 Å². The molecule has 0 unspecified atom stereocenters. The lowest BCUT2D eigenvalue weighted by Crippen LogP contribution is -2.19. The van der Waals surface area contributed by atoms with Gasteiger partial charge in [0.05, 0.1) is 16.1 Å². The number of aromatic amines is 1. The maximum Gasteiger partial charge on any atom is 0.417 e. The van der Waals surface area contributed by atoms with Gasteiger partial charge >= 0.3 is 18.2 Å². The highest BCUT2D eigenvalue weighted by Crippen LogP contribution is 2.36. The standard InChI is InChI=1S/C22H14ClF3N4O3/c23-17-8-6-14(10-16(17)22(24,25)26)28-21(33)27-13-4-1-11(2-5-13)12-3-7-15-18(9-12)29-30-19(15)20(31)32/h1-10H,(H,29,30)(H,31,32)(H2,27,28,33). The molecule has 2 amide bonds. The van der Waals surface area contributed by atoms with E-state index < -0.39 is 28.8 Å². The van der Waals surface area contributed by atoms with E-state index in [9.17, 15) is 22.8 Å². The van der Waals surface area contributed by atoms with Crippen LogP contribution in [-0.2, 0) is 6.18 Å². The quantitative estimate of drug-likeness (QED) is 0.280. The van der Waals surface area contributed by atoms with E-state index in [1.54, 1.807) is 42.5 Å². The molecule has 1 aromatic heterocycles. The average molecular weight is 475 g/mol. The number of nitrogens with one attached hydrogen (secondary N) is 3. The number of amides is 2. The molecule has 0 aliphatic rings. The summed E-state index contributed by atoms with van der Waals surface area (Å²) in [7, 11) is 0. The number of fused-ring (bicyclic) bond motifs is 1. The lowest BCUT2D eigenvalue weighted by atomic mass is 10.0. The fraction of sp³-hybridized carbons (Fsp3) is 0.0455. The van der Waals surface area contributed by atoms with Crippen LogP contribution in [0, 0.1) is 0 Å². The average Bonchev–Trinajstić information content (AvgIpc) is 3.18. The third kappa shape index (κ3) is 4.75. The van der Waals surface area contributed by atoms with Crippen molar-refractivity contribution in [3.63, 3.8) is 0 Å². The molecule has 7 nitrogen and oxygen atoms in total. The number of carbonyl (C=O) groups excluding carboxylic acids is 1. The SMILES string of the molecule is O=C(Nc1ccc(-c2ccc3c(C(=O)O)n[nH]c3c2)cc1)Nc1ccc(Cl)c(C(F)(F)F)c1. The number of carbonyl (C=O) groups is 2. The smallest absolute Gasteiger partial charge is 0.417 e. The number of benzene rings is 3. The molecule has 33 heavy (non-hydrogen) atoms. The molecule has 4 N–H and O–H groups in total. The van der Waals surface area contributed by atoms with Gasteiger partial charge in [0, 0.05) is 16.8 Å². The number of halogens is 4. The van der Waals surface area contributed by atoms with E-state index >= 15 is 0 Å². The number of H-pyrrole nitrogens is 1. The molecular weight excluding hydrogens is 461 g/mol. The molecule has 0 aliphatic carbocycles.